The SMILES string of the molecule is COc1ccc(-c2ccc(O)c3c2C[C@H]2C[C@H]4C(N(C)C)C(O)=C(C(N)=O)C(=O)[C@@]4(O)C(O)=C2C3=O)c(OC)c1OC. The highest BCUT2D eigenvalue weighted by atomic mass is 16.5. The lowest BCUT2D eigenvalue weighted by Gasteiger charge is -2.50. The molecule has 5 rings (SSSR count). The first-order chi connectivity index (χ1) is 19.8. The molecule has 42 heavy (non-hydrogen) atoms. The fourth-order valence-electron chi connectivity index (χ4n) is 6.82. The number of nitrogens with zero attached hydrogens (tertiary/aromatic N) is 1. The lowest BCUT2D eigenvalue weighted by atomic mass is 9.58. The topological polar surface area (TPSA) is 189 Å². The number of amides is 1. The van der Waals surface area contributed by atoms with E-state index in [0.717, 1.165) is 0 Å². The maximum absolute atomic E-state index is 14.0. The van der Waals surface area contributed by atoms with Crippen molar-refractivity contribution in [1.29, 1.82) is 0 Å². The van der Waals surface area contributed by atoms with Crippen molar-refractivity contribution in [2.24, 2.45) is 17.6 Å². The molecule has 3 aliphatic rings. The first kappa shape index (κ1) is 29.0. The van der Waals surface area contributed by atoms with Gasteiger partial charge in [-0.25, -0.2) is 0 Å². The van der Waals surface area contributed by atoms with Crippen LogP contribution in [0, 0.1) is 11.8 Å². The summed E-state index contributed by atoms with van der Waals surface area (Å²) in [4.78, 5) is 41.1. The van der Waals surface area contributed by atoms with Gasteiger partial charge in [0.25, 0.3) is 5.91 Å². The average molecular weight is 581 g/mol. The van der Waals surface area contributed by atoms with Gasteiger partial charge in [0.1, 0.15) is 22.8 Å². The molecular formula is C30H32N2O10. The van der Waals surface area contributed by atoms with E-state index in [0.29, 0.717) is 33.9 Å². The molecule has 222 valence electrons. The highest BCUT2D eigenvalue weighted by molar-refractivity contribution is 6.25. The third-order valence-corrected chi connectivity index (χ3v) is 8.60. The maximum Gasteiger partial charge on any atom is 0.255 e. The van der Waals surface area contributed by atoms with E-state index in [1.165, 1.54) is 32.3 Å². The Morgan fingerprint density at radius 3 is 2.19 bits per heavy atom. The molecule has 12 nitrogen and oxygen atoms in total. The third kappa shape index (κ3) is 3.78. The number of Topliss-reactive ketones (excluding diaryl/α,β-unsaturated/α-hetero) is 2. The lowest BCUT2D eigenvalue weighted by molar-refractivity contribution is -0.148. The first-order valence-corrected chi connectivity index (χ1v) is 13.1. The summed E-state index contributed by atoms with van der Waals surface area (Å²) in [5, 5.41) is 45.0. The minimum Gasteiger partial charge on any atom is -0.510 e. The zero-order valence-corrected chi connectivity index (χ0v) is 23.7. The number of aliphatic hydroxyl groups is 3. The van der Waals surface area contributed by atoms with Gasteiger partial charge in [-0.15, -0.1) is 0 Å². The second-order valence-electron chi connectivity index (χ2n) is 10.8. The van der Waals surface area contributed by atoms with Crippen molar-refractivity contribution in [1.82, 2.24) is 4.90 Å². The number of allylic oxidation sites excluding steroid dienone is 1. The molecule has 0 radical (unpaired) electrons. The van der Waals surface area contributed by atoms with Gasteiger partial charge in [0.15, 0.2) is 22.9 Å². The highest BCUT2D eigenvalue weighted by Crippen LogP contribution is 2.54. The Hall–Kier alpha value is -4.55. The van der Waals surface area contributed by atoms with E-state index >= 15 is 0 Å². The Morgan fingerprint density at radius 1 is 0.976 bits per heavy atom. The largest absolute Gasteiger partial charge is 0.510 e. The Bertz CT molecular complexity index is 1610. The number of phenolic OH excluding ortho intramolecular Hbond substituents is 1. The van der Waals surface area contributed by atoms with Crippen molar-refractivity contribution in [3.8, 4) is 34.1 Å². The molecule has 6 N–H and O–H groups in total. The lowest BCUT2D eigenvalue weighted by Crippen LogP contribution is -2.63. The van der Waals surface area contributed by atoms with Crippen molar-refractivity contribution in [2.45, 2.75) is 24.5 Å². The van der Waals surface area contributed by atoms with E-state index in [2.05, 4.69) is 0 Å². The van der Waals surface area contributed by atoms with Crippen LogP contribution in [0.15, 0.2) is 46.9 Å². The van der Waals surface area contributed by atoms with E-state index in [1.54, 1.807) is 32.3 Å². The number of carbonyl (C=O) groups is 3. The van der Waals surface area contributed by atoms with E-state index in [4.69, 9.17) is 19.9 Å². The molecule has 4 atom stereocenters. The number of phenols is 1. The number of benzene rings is 2. The van der Waals surface area contributed by atoms with Crippen LogP contribution in [0.1, 0.15) is 22.3 Å². The van der Waals surface area contributed by atoms with Crippen LogP contribution in [-0.2, 0) is 16.0 Å². The van der Waals surface area contributed by atoms with Gasteiger partial charge in [-0.3, -0.25) is 19.3 Å². The fraction of sp³-hybridized carbons (Fsp3) is 0.367. The molecule has 12 heteroatoms. The van der Waals surface area contributed by atoms with Gasteiger partial charge >= 0.3 is 0 Å². The van der Waals surface area contributed by atoms with Gasteiger partial charge in [-0.05, 0) is 62.2 Å². The fourth-order valence-corrected chi connectivity index (χ4v) is 6.82. The Morgan fingerprint density at radius 2 is 1.62 bits per heavy atom. The Labute approximate surface area is 241 Å². The number of carbonyl (C=O) groups excluding carboxylic acids is 3. The van der Waals surface area contributed by atoms with Crippen molar-refractivity contribution in [2.75, 3.05) is 35.4 Å². The van der Waals surface area contributed by atoms with Crippen molar-refractivity contribution in [3.05, 3.63) is 58.1 Å². The van der Waals surface area contributed by atoms with Crippen molar-refractivity contribution < 1.29 is 49.0 Å². The van der Waals surface area contributed by atoms with E-state index in [1.807, 2.05) is 0 Å². The summed E-state index contributed by atoms with van der Waals surface area (Å²) in [7, 11) is 7.56. The van der Waals surface area contributed by atoms with Crippen LogP contribution >= 0.6 is 0 Å². The number of ketones is 2. The standard InChI is InChI=1S/C30H32N2O10/c1-32(2)22-16-11-12-10-15-13(14-7-9-18(40-3)26(42-5)25(14)41-4)6-8-17(33)20(15)23(34)19(12)27(36)30(16,39)28(37)21(24(22)35)29(31)38/h6-9,12,16,22,33,35-36,39H,10-11H2,1-5H3,(H2,31,38)/t12-,16-,22?,30-/m0/s1. The molecule has 0 saturated heterocycles. The maximum atomic E-state index is 14.0. The molecule has 0 saturated carbocycles. The summed E-state index contributed by atoms with van der Waals surface area (Å²) in [6, 6.07) is 5.30. The number of hydrogen-bond acceptors (Lipinski definition) is 11. The van der Waals surface area contributed by atoms with E-state index < -0.39 is 58.0 Å². The molecule has 0 aliphatic heterocycles. The second-order valence-corrected chi connectivity index (χ2v) is 10.8. The van der Waals surface area contributed by atoms with Crippen LogP contribution in [-0.4, -0.2) is 89.9 Å². The molecule has 2 aromatic rings. The molecule has 1 amide bonds. The Kier molecular flexibility index (Phi) is 6.94. The smallest absolute Gasteiger partial charge is 0.255 e. The number of ether oxygens (including phenoxy) is 3. The summed E-state index contributed by atoms with van der Waals surface area (Å²) in [6.45, 7) is 0. The molecule has 0 heterocycles. The summed E-state index contributed by atoms with van der Waals surface area (Å²) < 4.78 is 16.6. The highest BCUT2D eigenvalue weighted by Gasteiger charge is 2.63. The summed E-state index contributed by atoms with van der Waals surface area (Å²) in [5.74, 6) is -6.01. The summed E-state index contributed by atoms with van der Waals surface area (Å²) in [5.41, 5.74) is 3.04. The number of nitrogens with two attached hydrogens (primary N) is 1. The van der Waals surface area contributed by atoms with E-state index in [-0.39, 0.29) is 29.7 Å². The van der Waals surface area contributed by atoms with Gasteiger partial charge in [0.05, 0.1) is 32.9 Å². The van der Waals surface area contributed by atoms with Crippen molar-refractivity contribution >= 4 is 17.5 Å². The number of aliphatic hydroxyl groups excluding tert-OH is 2. The van der Waals surface area contributed by atoms with Crippen LogP contribution in [0.3, 0.4) is 0 Å². The molecule has 0 spiro atoms. The third-order valence-electron chi connectivity index (χ3n) is 8.60. The number of fused-ring (bicyclic) bond motifs is 3. The van der Waals surface area contributed by atoms with Gasteiger partial charge in [0, 0.05) is 17.1 Å². The van der Waals surface area contributed by atoms with Crippen LogP contribution in [0.4, 0.5) is 0 Å². The zero-order chi connectivity index (χ0) is 30.8. The normalized spacial score (nSPS) is 25.2. The predicted octanol–water partition coefficient (Wildman–Crippen LogP) is 1.81. The molecule has 0 aromatic heterocycles. The monoisotopic (exact) mass is 580 g/mol. The van der Waals surface area contributed by atoms with Crippen LogP contribution < -0.4 is 19.9 Å². The summed E-state index contributed by atoms with van der Waals surface area (Å²) in [6.07, 6.45) is 0.0969. The molecule has 1 unspecified atom stereocenters. The molecular weight excluding hydrogens is 548 g/mol. The van der Waals surface area contributed by atoms with Crippen molar-refractivity contribution in [3.63, 3.8) is 0 Å². The zero-order valence-electron chi connectivity index (χ0n) is 23.7. The first-order valence-electron chi connectivity index (χ1n) is 13.1. The van der Waals surface area contributed by atoms with Crippen LogP contribution in [0.5, 0.6) is 23.0 Å². The molecule has 3 aliphatic carbocycles. The van der Waals surface area contributed by atoms with Gasteiger partial charge in [-0.2, -0.15) is 0 Å². The number of rotatable bonds is 6. The quantitative estimate of drug-likeness (QED) is 0.313. The molecule has 2 aromatic carbocycles. The number of likely N-dealkylation sites (N-methyl/N-ethyl adjacent to an activating group) is 1. The number of primary amides is 1. The van der Waals surface area contributed by atoms with Gasteiger partial charge < -0.3 is 40.4 Å². The van der Waals surface area contributed by atoms with Crippen LogP contribution in [0.25, 0.3) is 11.1 Å². The van der Waals surface area contributed by atoms with Gasteiger partial charge in [-0.1, -0.05) is 6.07 Å². The predicted molar refractivity (Wildman–Crippen MR) is 149 cm³/mol. The number of methoxy groups -OCH3 is 3. The van der Waals surface area contributed by atoms with Crippen LogP contribution in [0.2, 0.25) is 0 Å². The van der Waals surface area contributed by atoms with Gasteiger partial charge in [0.2, 0.25) is 11.5 Å². The number of hydrogen-bond donors (Lipinski definition) is 5. The minimum absolute atomic E-state index is 0.0239. The minimum atomic E-state index is -2.70. The number of aromatic hydroxyl groups is 1. The average Bonchev–Trinajstić information content (AvgIpc) is 2.93. The van der Waals surface area contributed by atoms with E-state index in [9.17, 15) is 34.8 Å². The molecule has 0 fully saturated rings. The Balaban J connectivity index is 1.74. The molecule has 0 bridgehead atoms. The summed E-state index contributed by atoms with van der Waals surface area (Å²) >= 11 is 0. The second kappa shape index (κ2) is 10.1.